The molecule has 6 nitrogen and oxygen atoms in total. The molecule has 0 aromatic heterocycles. The van der Waals surface area contributed by atoms with E-state index < -0.39 is 10.1 Å². The van der Waals surface area contributed by atoms with Gasteiger partial charge in [0.15, 0.2) is 11.6 Å². The molecule has 0 radical (unpaired) electrons. The van der Waals surface area contributed by atoms with Crippen LogP contribution in [0.1, 0.15) is 37.4 Å². The fourth-order valence-electron chi connectivity index (χ4n) is 3.34. The van der Waals surface area contributed by atoms with E-state index in [-0.39, 0.29) is 62.8 Å². The van der Waals surface area contributed by atoms with E-state index in [1.165, 1.54) is 12.1 Å². The van der Waals surface area contributed by atoms with Gasteiger partial charge in [-0.25, -0.2) is 0 Å². The molecule has 0 fully saturated rings. The van der Waals surface area contributed by atoms with Crippen LogP contribution in [-0.2, 0) is 10.1 Å². The summed E-state index contributed by atoms with van der Waals surface area (Å²) < 4.78 is 33.1. The first-order valence-electron chi connectivity index (χ1n) is 8.44. The Hall–Kier alpha value is -2.29. The number of fused-ring (bicyclic) bond motifs is 2. The SMILES string of the molecule is Cc1ccc(Nc2cccc3c2C(=O)c2ccccc2C3=O)c(S(=O)(=O)O)c1.[NaH]. The van der Waals surface area contributed by atoms with Gasteiger partial charge in [-0.2, -0.15) is 8.42 Å². The summed E-state index contributed by atoms with van der Waals surface area (Å²) in [6, 6.07) is 15.8. The first-order chi connectivity index (χ1) is 13.3. The number of hydrogen-bond donors (Lipinski definition) is 2. The number of aryl methyl sites for hydroxylation is 1. The average Bonchev–Trinajstić information content (AvgIpc) is 2.66. The zero-order chi connectivity index (χ0) is 20.1. The zero-order valence-corrected chi connectivity index (χ0v) is 15.6. The van der Waals surface area contributed by atoms with E-state index in [2.05, 4.69) is 5.32 Å². The van der Waals surface area contributed by atoms with Gasteiger partial charge in [0.05, 0.1) is 16.9 Å². The third-order valence-corrected chi connectivity index (χ3v) is 5.53. The van der Waals surface area contributed by atoms with Crippen molar-refractivity contribution < 1.29 is 22.6 Å². The van der Waals surface area contributed by atoms with Crippen molar-refractivity contribution in [3.63, 3.8) is 0 Å². The van der Waals surface area contributed by atoms with Gasteiger partial charge in [0.25, 0.3) is 10.1 Å². The molecule has 8 heteroatoms. The minimum atomic E-state index is -4.48. The third-order valence-electron chi connectivity index (χ3n) is 4.64. The Balaban J connectivity index is 0.00000240. The molecule has 1 aliphatic carbocycles. The molecule has 0 unspecified atom stereocenters. The van der Waals surface area contributed by atoms with E-state index in [9.17, 15) is 22.6 Å². The molecule has 3 aromatic carbocycles. The molecule has 142 valence electrons. The van der Waals surface area contributed by atoms with Gasteiger partial charge >= 0.3 is 29.6 Å². The second-order valence-corrected chi connectivity index (χ2v) is 7.92. The molecule has 0 amide bonds. The second kappa shape index (κ2) is 7.85. The summed E-state index contributed by atoms with van der Waals surface area (Å²) in [6.07, 6.45) is 0. The number of ketones is 2. The van der Waals surface area contributed by atoms with Gasteiger partial charge < -0.3 is 5.32 Å². The molecule has 3 aromatic rings. The first kappa shape index (κ1) is 21.4. The van der Waals surface area contributed by atoms with Crippen LogP contribution in [0.4, 0.5) is 11.4 Å². The van der Waals surface area contributed by atoms with E-state index in [0.29, 0.717) is 22.4 Å². The summed E-state index contributed by atoms with van der Waals surface area (Å²) in [6.45, 7) is 1.70. The molecule has 29 heavy (non-hydrogen) atoms. The molecule has 4 rings (SSSR count). The number of hydrogen-bond acceptors (Lipinski definition) is 5. The first-order valence-corrected chi connectivity index (χ1v) is 9.88. The van der Waals surface area contributed by atoms with Gasteiger partial charge in [0.1, 0.15) is 4.90 Å². The maximum absolute atomic E-state index is 13.0. The van der Waals surface area contributed by atoms with Crippen molar-refractivity contribution in [1.82, 2.24) is 0 Å². The second-order valence-electron chi connectivity index (χ2n) is 6.53. The molecule has 0 aliphatic heterocycles. The molecular weight excluding hydrogens is 401 g/mol. The van der Waals surface area contributed by atoms with Crippen LogP contribution in [-0.4, -0.2) is 54.1 Å². The van der Waals surface area contributed by atoms with Crippen LogP contribution in [0.2, 0.25) is 0 Å². The molecule has 0 spiro atoms. The molecule has 0 heterocycles. The molecular formula is C21H16NNaO5S. The van der Waals surface area contributed by atoms with Crippen LogP contribution < -0.4 is 5.32 Å². The number of rotatable bonds is 3. The van der Waals surface area contributed by atoms with Crippen molar-refractivity contribution in [2.24, 2.45) is 0 Å². The van der Waals surface area contributed by atoms with Crippen LogP contribution in [0.15, 0.2) is 65.6 Å². The fourth-order valence-corrected chi connectivity index (χ4v) is 4.07. The zero-order valence-electron chi connectivity index (χ0n) is 14.8. The standard InChI is InChI=1S/C21H15NO5S.Na.H/c1-12-9-10-16(18(11-12)28(25,26)27)22-17-8-4-7-15-19(17)21(24)14-6-3-2-5-13(14)20(15)23;;/h2-11,22H,1H3,(H,25,26,27);;. The van der Waals surface area contributed by atoms with Gasteiger partial charge in [0.2, 0.25) is 0 Å². The van der Waals surface area contributed by atoms with Crippen LogP contribution >= 0.6 is 0 Å². The fraction of sp³-hybridized carbons (Fsp3) is 0.0476. The van der Waals surface area contributed by atoms with Crippen molar-refractivity contribution >= 4 is 62.6 Å². The Morgan fingerprint density at radius 1 is 0.793 bits per heavy atom. The molecule has 0 atom stereocenters. The van der Waals surface area contributed by atoms with Crippen molar-refractivity contribution in [3.05, 3.63) is 88.5 Å². The molecule has 1 aliphatic rings. The van der Waals surface area contributed by atoms with Crippen LogP contribution in [0, 0.1) is 6.92 Å². The minimum absolute atomic E-state index is 0. The Kier molecular flexibility index (Phi) is 5.80. The number of carbonyl (C=O) groups is 2. The summed E-state index contributed by atoms with van der Waals surface area (Å²) in [7, 11) is -4.48. The number of carbonyl (C=O) groups excluding carboxylic acids is 2. The summed E-state index contributed by atoms with van der Waals surface area (Å²) in [5.41, 5.74) is 2.11. The summed E-state index contributed by atoms with van der Waals surface area (Å²) in [5.74, 6) is -0.596. The third kappa shape index (κ3) is 3.80. The van der Waals surface area contributed by atoms with Gasteiger partial charge in [-0.05, 0) is 30.7 Å². The van der Waals surface area contributed by atoms with E-state index in [0.717, 1.165) is 0 Å². The van der Waals surface area contributed by atoms with Crippen LogP contribution in [0.5, 0.6) is 0 Å². The van der Waals surface area contributed by atoms with E-state index >= 15 is 0 Å². The van der Waals surface area contributed by atoms with Crippen molar-refractivity contribution in [2.45, 2.75) is 11.8 Å². The average molecular weight is 417 g/mol. The monoisotopic (exact) mass is 417 g/mol. The van der Waals surface area contributed by atoms with Gasteiger partial charge in [0, 0.05) is 16.7 Å². The predicted molar refractivity (Wildman–Crippen MR) is 111 cm³/mol. The Bertz CT molecular complexity index is 1270. The van der Waals surface area contributed by atoms with Crippen molar-refractivity contribution in [3.8, 4) is 0 Å². The number of anilines is 2. The summed E-state index contributed by atoms with van der Waals surface area (Å²) >= 11 is 0. The van der Waals surface area contributed by atoms with Crippen molar-refractivity contribution in [2.75, 3.05) is 5.32 Å². The number of benzene rings is 3. The number of nitrogens with one attached hydrogen (secondary N) is 1. The molecule has 0 bridgehead atoms. The summed E-state index contributed by atoms with van der Waals surface area (Å²) in [5, 5.41) is 2.90. The van der Waals surface area contributed by atoms with Crippen LogP contribution in [0.25, 0.3) is 0 Å². The summed E-state index contributed by atoms with van der Waals surface area (Å²) in [4.78, 5) is 25.5. The predicted octanol–water partition coefficient (Wildman–Crippen LogP) is 3.11. The van der Waals surface area contributed by atoms with Crippen LogP contribution in [0.3, 0.4) is 0 Å². The van der Waals surface area contributed by atoms with Crippen molar-refractivity contribution in [1.29, 1.82) is 0 Å². The Morgan fingerprint density at radius 3 is 2.07 bits per heavy atom. The van der Waals surface area contributed by atoms with E-state index in [1.807, 2.05) is 0 Å². The normalized spacial score (nSPS) is 12.6. The topological polar surface area (TPSA) is 101 Å². The molecule has 2 N–H and O–H groups in total. The van der Waals surface area contributed by atoms with Gasteiger partial charge in [-0.3, -0.25) is 14.1 Å². The molecule has 0 saturated heterocycles. The van der Waals surface area contributed by atoms with Gasteiger partial charge in [-0.15, -0.1) is 0 Å². The quantitative estimate of drug-likeness (QED) is 0.392. The Labute approximate surface area is 190 Å². The maximum atomic E-state index is 13.0. The molecule has 0 saturated carbocycles. The Morgan fingerprint density at radius 2 is 1.41 bits per heavy atom. The van der Waals surface area contributed by atoms with E-state index in [1.54, 1.807) is 55.5 Å². The van der Waals surface area contributed by atoms with E-state index in [4.69, 9.17) is 0 Å². The van der Waals surface area contributed by atoms with Gasteiger partial charge in [-0.1, -0.05) is 42.5 Å².